The number of benzene rings is 2. The molecule has 25 heavy (non-hydrogen) atoms. The molecule has 0 radical (unpaired) electrons. The van der Waals surface area contributed by atoms with Gasteiger partial charge in [-0.25, -0.2) is 0 Å². The predicted octanol–water partition coefficient (Wildman–Crippen LogP) is 3.91. The van der Waals surface area contributed by atoms with E-state index in [1.54, 1.807) is 6.92 Å². The number of aryl methyl sites for hydroxylation is 2. The smallest absolute Gasteiger partial charge is 0.261 e. The van der Waals surface area contributed by atoms with Crippen molar-refractivity contribution in [1.29, 1.82) is 0 Å². The summed E-state index contributed by atoms with van der Waals surface area (Å²) < 4.78 is 11.5. The van der Waals surface area contributed by atoms with Gasteiger partial charge >= 0.3 is 0 Å². The van der Waals surface area contributed by atoms with Gasteiger partial charge in [0.1, 0.15) is 18.1 Å². The maximum Gasteiger partial charge on any atom is 0.261 e. The van der Waals surface area contributed by atoms with Crippen molar-refractivity contribution in [2.24, 2.45) is 0 Å². The number of nitrogens with one attached hydrogen (secondary N) is 1. The van der Waals surface area contributed by atoms with Crippen LogP contribution in [0.3, 0.4) is 0 Å². The van der Waals surface area contributed by atoms with Crippen molar-refractivity contribution in [3.8, 4) is 11.5 Å². The van der Waals surface area contributed by atoms with E-state index in [4.69, 9.17) is 9.47 Å². The molecule has 0 heterocycles. The summed E-state index contributed by atoms with van der Waals surface area (Å²) in [7, 11) is 0. The SMILES string of the molecule is CCc1ccccc1O[C@H](C)C(=O)N[C@H](C)COc1ccc(C)cc1. The number of carbonyl (C=O) groups excluding carboxylic acids is 1. The van der Waals surface area contributed by atoms with Gasteiger partial charge in [-0.3, -0.25) is 4.79 Å². The van der Waals surface area contributed by atoms with Gasteiger partial charge in [0.2, 0.25) is 0 Å². The van der Waals surface area contributed by atoms with E-state index in [1.165, 1.54) is 5.56 Å². The lowest BCUT2D eigenvalue weighted by molar-refractivity contribution is -0.128. The molecular weight excluding hydrogens is 314 g/mol. The van der Waals surface area contributed by atoms with E-state index in [2.05, 4.69) is 12.2 Å². The van der Waals surface area contributed by atoms with Crippen molar-refractivity contribution in [1.82, 2.24) is 5.32 Å². The molecule has 0 aliphatic heterocycles. The number of para-hydroxylation sites is 1. The maximum absolute atomic E-state index is 12.3. The van der Waals surface area contributed by atoms with Crippen LogP contribution in [-0.2, 0) is 11.2 Å². The molecule has 0 bridgehead atoms. The molecule has 134 valence electrons. The minimum atomic E-state index is -0.561. The topological polar surface area (TPSA) is 47.6 Å². The van der Waals surface area contributed by atoms with Crippen LogP contribution in [0.1, 0.15) is 31.9 Å². The van der Waals surface area contributed by atoms with Crippen molar-refractivity contribution in [2.45, 2.75) is 46.3 Å². The molecule has 1 N–H and O–H groups in total. The van der Waals surface area contributed by atoms with Crippen molar-refractivity contribution in [3.63, 3.8) is 0 Å². The number of hydrogen-bond acceptors (Lipinski definition) is 3. The molecule has 4 nitrogen and oxygen atoms in total. The lowest BCUT2D eigenvalue weighted by Crippen LogP contribution is -2.43. The van der Waals surface area contributed by atoms with Crippen LogP contribution in [-0.4, -0.2) is 24.7 Å². The molecule has 0 aliphatic carbocycles. The standard InChI is InChI=1S/C21H27NO3/c1-5-18-8-6-7-9-20(18)25-17(4)21(23)22-16(3)14-24-19-12-10-15(2)11-13-19/h6-13,16-17H,5,14H2,1-4H3,(H,22,23)/t16-,17-/m1/s1. The Balaban J connectivity index is 1.82. The molecule has 0 fully saturated rings. The minimum absolute atomic E-state index is 0.110. The van der Waals surface area contributed by atoms with E-state index in [1.807, 2.05) is 62.4 Å². The summed E-state index contributed by atoms with van der Waals surface area (Å²) in [6.45, 7) is 8.18. The number of hydrogen-bond donors (Lipinski definition) is 1. The number of amides is 1. The summed E-state index contributed by atoms with van der Waals surface area (Å²) in [5.74, 6) is 1.41. The number of ether oxygens (including phenoxy) is 2. The van der Waals surface area contributed by atoms with Crippen molar-refractivity contribution in [3.05, 3.63) is 59.7 Å². The molecule has 2 atom stereocenters. The highest BCUT2D eigenvalue weighted by atomic mass is 16.5. The Hall–Kier alpha value is -2.49. The molecule has 0 unspecified atom stereocenters. The summed E-state index contributed by atoms with van der Waals surface area (Å²) in [5, 5.41) is 2.93. The average Bonchev–Trinajstić information content (AvgIpc) is 2.61. The summed E-state index contributed by atoms with van der Waals surface area (Å²) in [5.41, 5.74) is 2.28. The van der Waals surface area contributed by atoms with Gasteiger partial charge in [0.15, 0.2) is 6.10 Å². The van der Waals surface area contributed by atoms with Gasteiger partial charge in [0.05, 0.1) is 6.04 Å². The second-order valence-electron chi connectivity index (χ2n) is 6.26. The van der Waals surface area contributed by atoms with E-state index in [0.29, 0.717) is 6.61 Å². The molecule has 0 aromatic heterocycles. The Bertz CT molecular complexity index is 682. The van der Waals surface area contributed by atoms with Gasteiger partial charge in [-0.05, 0) is 51.0 Å². The Morgan fingerprint density at radius 3 is 2.44 bits per heavy atom. The maximum atomic E-state index is 12.3. The highest BCUT2D eigenvalue weighted by Crippen LogP contribution is 2.19. The van der Waals surface area contributed by atoms with E-state index in [0.717, 1.165) is 23.5 Å². The quantitative estimate of drug-likeness (QED) is 0.792. The molecule has 2 aromatic rings. The lowest BCUT2D eigenvalue weighted by Gasteiger charge is -2.20. The van der Waals surface area contributed by atoms with Gasteiger partial charge in [-0.2, -0.15) is 0 Å². The van der Waals surface area contributed by atoms with Gasteiger partial charge in [-0.1, -0.05) is 42.8 Å². The monoisotopic (exact) mass is 341 g/mol. The first-order chi connectivity index (χ1) is 12.0. The summed E-state index contributed by atoms with van der Waals surface area (Å²) >= 11 is 0. The molecule has 0 saturated carbocycles. The highest BCUT2D eigenvalue weighted by molar-refractivity contribution is 5.81. The molecule has 2 rings (SSSR count). The van der Waals surface area contributed by atoms with Crippen LogP contribution in [0.4, 0.5) is 0 Å². The third-order valence-electron chi connectivity index (χ3n) is 3.94. The molecule has 0 aliphatic rings. The fraction of sp³-hybridized carbons (Fsp3) is 0.381. The van der Waals surface area contributed by atoms with Crippen LogP contribution in [0.25, 0.3) is 0 Å². The van der Waals surface area contributed by atoms with Crippen LogP contribution < -0.4 is 14.8 Å². The third kappa shape index (κ3) is 5.82. The number of rotatable bonds is 8. The predicted molar refractivity (Wildman–Crippen MR) is 100 cm³/mol. The second kappa shape index (κ2) is 9.11. The lowest BCUT2D eigenvalue weighted by atomic mass is 10.1. The number of carbonyl (C=O) groups is 1. The third-order valence-corrected chi connectivity index (χ3v) is 3.94. The van der Waals surface area contributed by atoms with Crippen LogP contribution >= 0.6 is 0 Å². The first kappa shape index (κ1) is 18.8. The highest BCUT2D eigenvalue weighted by Gasteiger charge is 2.18. The Labute approximate surface area is 150 Å². The molecule has 1 amide bonds. The second-order valence-corrected chi connectivity index (χ2v) is 6.26. The van der Waals surface area contributed by atoms with Crippen LogP contribution in [0.5, 0.6) is 11.5 Å². The summed E-state index contributed by atoms with van der Waals surface area (Å²) in [4.78, 5) is 12.3. The van der Waals surface area contributed by atoms with Crippen LogP contribution in [0.2, 0.25) is 0 Å². The Morgan fingerprint density at radius 2 is 1.76 bits per heavy atom. The van der Waals surface area contributed by atoms with E-state index in [9.17, 15) is 4.79 Å². The molecule has 2 aromatic carbocycles. The van der Waals surface area contributed by atoms with Gasteiger partial charge in [-0.15, -0.1) is 0 Å². The molecule has 0 saturated heterocycles. The van der Waals surface area contributed by atoms with Crippen LogP contribution in [0.15, 0.2) is 48.5 Å². The van der Waals surface area contributed by atoms with Crippen molar-refractivity contribution in [2.75, 3.05) is 6.61 Å². The molecule has 0 spiro atoms. The van der Waals surface area contributed by atoms with Crippen molar-refractivity contribution >= 4 is 5.91 Å². The fourth-order valence-corrected chi connectivity index (χ4v) is 2.41. The zero-order valence-electron chi connectivity index (χ0n) is 15.4. The van der Waals surface area contributed by atoms with Gasteiger partial charge < -0.3 is 14.8 Å². The Morgan fingerprint density at radius 1 is 1.08 bits per heavy atom. The largest absolute Gasteiger partial charge is 0.491 e. The molecule has 4 heteroatoms. The van der Waals surface area contributed by atoms with E-state index < -0.39 is 6.10 Å². The summed E-state index contributed by atoms with van der Waals surface area (Å²) in [6, 6.07) is 15.5. The normalized spacial score (nSPS) is 13.0. The minimum Gasteiger partial charge on any atom is -0.491 e. The van der Waals surface area contributed by atoms with Crippen LogP contribution in [0, 0.1) is 6.92 Å². The zero-order valence-corrected chi connectivity index (χ0v) is 15.4. The first-order valence-electron chi connectivity index (χ1n) is 8.74. The van der Waals surface area contributed by atoms with Gasteiger partial charge in [0.25, 0.3) is 5.91 Å². The van der Waals surface area contributed by atoms with Crippen molar-refractivity contribution < 1.29 is 14.3 Å². The van der Waals surface area contributed by atoms with Gasteiger partial charge in [0, 0.05) is 0 Å². The fourth-order valence-electron chi connectivity index (χ4n) is 2.41. The average molecular weight is 341 g/mol. The zero-order chi connectivity index (χ0) is 18.2. The Kier molecular flexibility index (Phi) is 6.87. The molecular formula is C21H27NO3. The summed E-state index contributed by atoms with van der Waals surface area (Å²) in [6.07, 6.45) is 0.306. The first-order valence-corrected chi connectivity index (χ1v) is 8.74. The van der Waals surface area contributed by atoms with E-state index in [-0.39, 0.29) is 11.9 Å². The van der Waals surface area contributed by atoms with E-state index >= 15 is 0 Å².